The average Bonchev–Trinajstić information content (AvgIpc) is 3.08. The minimum Gasteiger partial charge on any atom is -0.491 e. The molecule has 0 bridgehead atoms. The second-order valence-corrected chi connectivity index (χ2v) is 8.66. The van der Waals surface area contributed by atoms with Crippen LogP contribution in [0.15, 0.2) is 35.1 Å². The number of likely N-dealkylation sites (tertiary alicyclic amines) is 1. The topological polar surface area (TPSA) is 81.1 Å². The smallest absolute Gasteiger partial charge is 0.343 e. The Bertz CT molecular complexity index is 1090. The van der Waals surface area contributed by atoms with Crippen LogP contribution in [0, 0.1) is 6.92 Å². The van der Waals surface area contributed by atoms with E-state index in [0.29, 0.717) is 50.3 Å². The van der Waals surface area contributed by atoms with E-state index in [4.69, 9.17) is 9.47 Å². The maximum absolute atomic E-state index is 12.9. The zero-order valence-corrected chi connectivity index (χ0v) is 19.3. The molecule has 3 heterocycles. The van der Waals surface area contributed by atoms with Crippen LogP contribution < -0.4 is 10.3 Å². The van der Waals surface area contributed by atoms with E-state index in [-0.39, 0.29) is 23.8 Å². The van der Waals surface area contributed by atoms with E-state index in [1.54, 1.807) is 9.47 Å². The molecule has 2 aliphatic rings. The molecule has 1 aromatic heterocycles. The van der Waals surface area contributed by atoms with Crippen molar-refractivity contribution in [3.8, 4) is 5.75 Å². The summed E-state index contributed by atoms with van der Waals surface area (Å²) in [5.74, 6) is -0.169. The summed E-state index contributed by atoms with van der Waals surface area (Å²) in [4.78, 5) is 41.5. The number of hydrogen-bond acceptors (Lipinski definition) is 6. The van der Waals surface area contributed by atoms with E-state index >= 15 is 0 Å². The average molecular weight is 454 g/mol. The van der Waals surface area contributed by atoms with Gasteiger partial charge in [0.2, 0.25) is 5.91 Å². The largest absolute Gasteiger partial charge is 0.491 e. The van der Waals surface area contributed by atoms with Gasteiger partial charge in [-0.25, -0.2) is 4.79 Å². The number of hydrogen-bond donors (Lipinski definition) is 0. The van der Waals surface area contributed by atoms with Crippen molar-refractivity contribution in [2.45, 2.75) is 39.3 Å². The molecule has 8 heteroatoms. The Morgan fingerprint density at radius 1 is 1.06 bits per heavy atom. The number of methoxy groups -OCH3 is 1. The van der Waals surface area contributed by atoms with Gasteiger partial charge in [-0.2, -0.15) is 0 Å². The number of carbonyl (C=O) groups is 2. The molecule has 4 rings (SSSR count). The van der Waals surface area contributed by atoms with Crippen LogP contribution >= 0.6 is 0 Å². The van der Waals surface area contributed by atoms with E-state index in [2.05, 4.69) is 36.1 Å². The molecule has 0 spiro atoms. The minimum atomic E-state index is -0.516. The lowest BCUT2D eigenvalue weighted by Gasteiger charge is -2.19. The lowest BCUT2D eigenvalue weighted by atomic mass is 10.1. The highest BCUT2D eigenvalue weighted by Crippen LogP contribution is 2.25. The van der Waals surface area contributed by atoms with Gasteiger partial charge in [0.15, 0.2) is 0 Å². The number of ether oxygens (including phenoxy) is 2. The number of benzene rings is 1. The van der Waals surface area contributed by atoms with Gasteiger partial charge in [-0.05, 0) is 18.9 Å². The highest BCUT2D eigenvalue weighted by atomic mass is 16.5. The summed E-state index contributed by atoms with van der Waals surface area (Å²) < 4.78 is 12.6. The third kappa shape index (κ3) is 5.27. The molecule has 33 heavy (non-hydrogen) atoms. The summed E-state index contributed by atoms with van der Waals surface area (Å²) in [6.45, 7) is 6.14. The fourth-order valence-electron chi connectivity index (χ4n) is 4.66. The van der Waals surface area contributed by atoms with Crippen molar-refractivity contribution < 1.29 is 19.1 Å². The standard InChI is InChI=1S/C25H31N3O5/c1-18-5-3-6-19(15-18)17-26-10-8-20-24(25(31)32-2)21(16-23(30)28(20)12-11-26)33-14-13-27-9-4-7-22(27)29/h3,5-6,15-16H,4,7-14,17H2,1-2H3. The summed E-state index contributed by atoms with van der Waals surface area (Å²) in [5, 5.41) is 0. The van der Waals surface area contributed by atoms with E-state index in [0.717, 1.165) is 19.5 Å². The number of nitrogens with zero attached hydrogens (tertiary/aromatic N) is 3. The van der Waals surface area contributed by atoms with Gasteiger partial charge in [-0.1, -0.05) is 29.8 Å². The van der Waals surface area contributed by atoms with Crippen LogP contribution in [0.1, 0.15) is 40.0 Å². The first kappa shape index (κ1) is 23.0. The molecular weight excluding hydrogens is 422 g/mol. The molecule has 0 atom stereocenters. The fraction of sp³-hybridized carbons (Fsp3) is 0.480. The van der Waals surface area contributed by atoms with E-state index in [9.17, 15) is 14.4 Å². The molecule has 0 radical (unpaired) electrons. The zero-order valence-electron chi connectivity index (χ0n) is 19.3. The van der Waals surface area contributed by atoms with Crippen LogP contribution in [0.4, 0.5) is 0 Å². The maximum atomic E-state index is 12.9. The van der Waals surface area contributed by atoms with Gasteiger partial charge in [-0.15, -0.1) is 0 Å². The Labute approximate surface area is 193 Å². The van der Waals surface area contributed by atoms with Gasteiger partial charge < -0.3 is 18.9 Å². The zero-order chi connectivity index (χ0) is 23.4. The normalized spacial score (nSPS) is 16.4. The molecule has 0 saturated carbocycles. The third-order valence-electron chi connectivity index (χ3n) is 6.35. The predicted molar refractivity (Wildman–Crippen MR) is 124 cm³/mol. The molecular formula is C25H31N3O5. The summed E-state index contributed by atoms with van der Waals surface area (Å²) in [7, 11) is 1.33. The first-order chi connectivity index (χ1) is 16.0. The molecule has 2 aliphatic heterocycles. The van der Waals surface area contributed by atoms with Crippen LogP contribution in [0.25, 0.3) is 0 Å². The molecule has 2 aromatic rings. The van der Waals surface area contributed by atoms with E-state index in [1.165, 1.54) is 24.3 Å². The van der Waals surface area contributed by atoms with Crippen molar-refractivity contribution in [2.75, 3.05) is 39.9 Å². The SMILES string of the molecule is COC(=O)c1c(OCCN2CCCC2=O)cc(=O)n2c1CCN(Cc1cccc(C)c1)CC2. The van der Waals surface area contributed by atoms with Crippen LogP contribution in [-0.2, 0) is 29.0 Å². The summed E-state index contributed by atoms with van der Waals surface area (Å²) in [5.41, 5.74) is 3.20. The number of pyridine rings is 1. The van der Waals surface area contributed by atoms with Crippen molar-refractivity contribution >= 4 is 11.9 Å². The van der Waals surface area contributed by atoms with Crippen molar-refractivity contribution in [3.63, 3.8) is 0 Å². The minimum absolute atomic E-state index is 0.113. The number of rotatable bonds is 7. The lowest BCUT2D eigenvalue weighted by molar-refractivity contribution is -0.128. The van der Waals surface area contributed by atoms with Crippen molar-refractivity contribution in [3.05, 3.63) is 63.1 Å². The Morgan fingerprint density at radius 3 is 2.64 bits per heavy atom. The summed E-state index contributed by atoms with van der Waals surface area (Å²) in [6.07, 6.45) is 1.95. The number of aromatic nitrogens is 1. The maximum Gasteiger partial charge on any atom is 0.343 e. The predicted octanol–water partition coefficient (Wildman–Crippen LogP) is 2.00. The van der Waals surface area contributed by atoms with Gasteiger partial charge in [0.25, 0.3) is 5.56 Å². The molecule has 1 fully saturated rings. The first-order valence-electron chi connectivity index (χ1n) is 11.5. The molecule has 0 unspecified atom stereocenters. The number of esters is 1. The van der Waals surface area contributed by atoms with E-state index in [1.807, 2.05) is 0 Å². The summed E-state index contributed by atoms with van der Waals surface area (Å²) in [6, 6.07) is 9.77. The second-order valence-electron chi connectivity index (χ2n) is 8.66. The molecule has 8 nitrogen and oxygen atoms in total. The Morgan fingerprint density at radius 2 is 1.91 bits per heavy atom. The second kappa shape index (κ2) is 10.2. The Balaban J connectivity index is 1.54. The Hall–Kier alpha value is -3.13. The van der Waals surface area contributed by atoms with Crippen LogP contribution in [0.3, 0.4) is 0 Å². The monoisotopic (exact) mass is 453 g/mol. The van der Waals surface area contributed by atoms with Crippen molar-refractivity contribution in [1.29, 1.82) is 0 Å². The highest BCUT2D eigenvalue weighted by molar-refractivity contribution is 5.93. The van der Waals surface area contributed by atoms with Gasteiger partial charge in [0.1, 0.15) is 17.9 Å². The number of carbonyl (C=O) groups excluding carboxylic acids is 2. The third-order valence-corrected chi connectivity index (χ3v) is 6.35. The molecule has 1 saturated heterocycles. The first-order valence-corrected chi connectivity index (χ1v) is 11.5. The molecule has 0 N–H and O–H groups in total. The van der Waals surface area contributed by atoms with Gasteiger partial charge in [0.05, 0.1) is 13.7 Å². The summed E-state index contributed by atoms with van der Waals surface area (Å²) >= 11 is 0. The number of fused-ring (bicyclic) bond motifs is 1. The molecule has 176 valence electrons. The van der Waals surface area contributed by atoms with Gasteiger partial charge in [-0.3, -0.25) is 14.5 Å². The van der Waals surface area contributed by atoms with Crippen molar-refractivity contribution in [2.24, 2.45) is 0 Å². The number of aryl methyl sites for hydroxylation is 1. The quantitative estimate of drug-likeness (QED) is 0.597. The van der Waals surface area contributed by atoms with E-state index < -0.39 is 5.97 Å². The van der Waals surface area contributed by atoms with Crippen molar-refractivity contribution in [1.82, 2.24) is 14.4 Å². The van der Waals surface area contributed by atoms with Crippen LogP contribution in [-0.4, -0.2) is 66.1 Å². The molecule has 1 amide bonds. The lowest BCUT2D eigenvalue weighted by Crippen LogP contribution is -2.31. The van der Waals surface area contributed by atoms with Crippen LogP contribution in [0.2, 0.25) is 0 Å². The molecule has 1 aromatic carbocycles. The molecule has 0 aliphatic carbocycles. The van der Waals surface area contributed by atoms with Gasteiger partial charge >= 0.3 is 5.97 Å². The fourth-order valence-corrected chi connectivity index (χ4v) is 4.66. The number of amides is 1. The van der Waals surface area contributed by atoms with Crippen LogP contribution in [0.5, 0.6) is 5.75 Å². The van der Waals surface area contributed by atoms with Gasteiger partial charge in [0, 0.05) is 57.3 Å². The highest BCUT2D eigenvalue weighted by Gasteiger charge is 2.27. The Kier molecular flexibility index (Phi) is 7.13.